The van der Waals surface area contributed by atoms with Crippen molar-refractivity contribution in [2.24, 2.45) is 11.8 Å². The lowest BCUT2D eigenvalue weighted by molar-refractivity contribution is -0.141. The molecular formula is C20H29N3O3. The minimum Gasteiger partial charge on any atom is -0.481 e. The van der Waals surface area contributed by atoms with Gasteiger partial charge in [0, 0.05) is 32.7 Å². The maximum absolute atomic E-state index is 12.2. The van der Waals surface area contributed by atoms with Crippen molar-refractivity contribution in [3.63, 3.8) is 0 Å². The number of amides is 2. The van der Waals surface area contributed by atoms with Crippen molar-refractivity contribution < 1.29 is 14.7 Å². The molecule has 0 radical (unpaired) electrons. The second kappa shape index (κ2) is 8.54. The number of nitrogens with zero attached hydrogens (tertiary/aromatic N) is 2. The van der Waals surface area contributed by atoms with Gasteiger partial charge in [0.2, 0.25) is 0 Å². The highest BCUT2D eigenvalue weighted by atomic mass is 16.4. The average molecular weight is 359 g/mol. The molecule has 0 bridgehead atoms. The second-order valence-corrected chi connectivity index (χ2v) is 7.73. The first-order valence-corrected chi connectivity index (χ1v) is 9.57. The van der Waals surface area contributed by atoms with Crippen LogP contribution in [0.15, 0.2) is 24.3 Å². The molecule has 0 saturated carbocycles. The summed E-state index contributed by atoms with van der Waals surface area (Å²) in [5.74, 6) is -0.471. The smallest absolute Gasteiger partial charge is 0.317 e. The standard InChI is InChI=1S/C20H29N3O3/c1-15-3-2-9-22(12-15)13-17-6-4-16(5-7-17)11-21-20(26)23-10-8-18(14-23)19(24)25/h4-7,15,18H,2-3,8-14H2,1H3,(H,21,26)(H,24,25). The van der Waals surface area contributed by atoms with Crippen LogP contribution >= 0.6 is 0 Å². The summed E-state index contributed by atoms with van der Waals surface area (Å²) in [6, 6.07) is 8.22. The Morgan fingerprint density at radius 1 is 1.12 bits per heavy atom. The molecule has 2 aliphatic rings. The van der Waals surface area contributed by atoms with E-state index in [-0.39, 0.29) is 6.03 Å². The number of likely N-dealkylation sites (tertiary alicyclic amines) is 2. The number of aliphatic carboxylic acids is 1. The molecule has 2 fully saturated rings. The fourth-order valence-corrected chi connectivity index (χ4v) is 3.89. The van der Waals surface area contributed by atoms with Gasteiger partial charge in [-0.05, 0) is 42.9 Å². The van der Waals surface area contributed by atoms with Crippen LogP contribution in [0.1, 0.15) is 37.3 Å². The summed E-state index contributed by atoms with van der Waals surface area (Å²) in [4.78, 5) is 27.2. The molecule has 6 nitrogen and oxygen atoms in total. The highest BCUT2D eigenvalue weighted by molar-refractivity contribution is 5.77. The van der Waals surface area contributed by atoms with E-state index < -0.39 is 11.9 Å². The van der Waals surface area contributed by atoms with Crippen LogP contribution in [-0.2, 0) is 17.9 Å². The van der Waals surface area contributed by atoms with Crippen molar-refractivity contribution in [2.45, 2.75) is 39.3 Å². The van der Waals surface area contributed by atoms with Gasteiger partial charge in [-0.15, -0.1) is 0 Å². The molecule has 1 aromatic rings. The van der Waals surface area contributed by atoms with Gasteiger partial charge in [0.1, 0.15) is 0 Å². The molecule has 2 unspecified atom stereocenters. The summed E-state index contributed by atoms with van der Waals surface area (Å²) in [6.45, 7) is 6.93. The van der Waals surface area contributed by atoms with Crippen molar-refractivity contribution in [1.29, 1.82) is 0 Å². The summed E-state index contributed by atoms with van der Waals surface area (Å²) in [6.07, 6.45) is 3.15. The van der Waals surface area contributed by atoms with Gasteiger partial charge in [0.05, 0.1) is 5.92 Å². The molecule has 26 heavy (non-hydrogen) atoms. The van der Waals surface area contributed by atoms with Crippen LogP contribution in [0.4, 0.5) is 4.79 Å². The quantitative estimate of drug-likeness (QED) is 0.847. The minimum atomic E-state index is -0.820. The van der Waals surface area contributed by atoms with Gasteiger partial charge in [0.15, 0.2) is 0 Å². The third-order valence-electron chi connectivity index (χ3n) is 5.44. The molecule has 2 aliphatic heterocycles. The highest BCUT2D eigenvalue weighted by Gasteiger charge is 2.30. The summed E-state index contributed by atoms with van der Waals surface area (Å²) >= 11 is 0. The molecule has 6 heteroatoms. The van der Waals surface area contributed by atoms with Crippen LogP contribution in [0.2, 0.25) is 0 Å². The van der Waals surface area contributed by atoms with Gasteiger partial charge < -0.3 is 15.3 Å². The summed E-state index contributed by atoms with van der Waals surface area (Å²) in [7, 11) is 0. The van der Waals surface area contributed by atoms with Gasteiger partial charge in [-0.3, -0.25) is 9.69 Å². The summed E-state index contributed by atoms with van der Waals surface area (Å²) in [5, 5.41) is 11.9. The summed E-state index contributed by atoms with van der Waals surface area (Å²) in [5.41, 5.74) is 2.36. The molecule has 0 aromatic heterocycles. The normalized spacial score (nSPS) is 23.8. The van der Waals surface area contributed by atoms with Gasteiger partial charge >= 0.3 is 12.0 Å². The number of hydrogen-bond donors (Lipinski definition) is 2. The largest absolute Gasteiger partial charge is 0.481 e. The van der Waals surface area contributed by atoms with E-state index in [1.165, 1.54) is 31.5 Å². The van der Waals surface area contributed by atoms with E-state index in [1.54, 1.807) is 4.90 Å². The Morgan fingerprint density at radius 2 is 1.85 bits per heavy atom. The van der Waals surface area contributed by atoms with Gasteiger partial charge in [-0.1, -0.05) is 31.2 Å². The number of piperidine rings is 1. The van der Waals surface area contributed by atoms with E-state index in [1.807, 2.05) is 0 Å². The topological polar surface area (TPSA) is 72.9 Å². The van der Waals surface area contributed by atoms with Crippen molar-refractivity contribution in [1.82, 2.24) is 15.1 Å². The molecule has 1 aromatic carbocycles. The zero-order chi connectivity index (χ0) is 18.5. The lowest BCUT2D eigenvalue weighted by atomic mass is 9.99. The SMILES string of the molecule is CC1CCCN(Cc2ccc(CNC(=O)N3CCC(C(=O)O)C3)cc2)C1. The zero-order valence-electron chi connectivity index (χ0n) is 15.5. The highest BCUT2D eigenvalue weighted by Crippen LogP contribution is 2.18. The van der Waals surface area contributed by atoms with Crippen LogP contribution in [0.5, 0.6) is 0 Å². The number of benzene rings is 1. The van der Waals surface area contributed by atoms with Crippen LogP contribution in [0.3, 0.4) is 0 Å². The van der Waals surface area contributed by atoms with E-state index in [0.717, 1.165) is 18.0 Å². The molecule has 2 saturated heterocycles. The third kappa shape index (κ3) is 4.97. The molecule has 3 rings (SSSR count). The zero-order valence-corrected chi connectivity index (χ0v) is 15.5. The van der Waals surface area contributed by atoms with Crippen LogP contribution < -0.4 is 5.32 Å². The molecule has 2 N–H and O–H groups in total. The lowest BCUT2D eigenvalue weighted by Gasteiger charge is -2.30. The van der Waals surface area contributed by atoms with Gasteiger partial charge in [0.25, 0.3) is 0 Å². The van der Waals surface area contributed by atoms with E-state index >= 15 is 0 Å². The maximum atomic E-state index is 12.2. The number of carbonyl (C=O) groups excluding carboxylic acids is 1. The van der Waals surface area contributed by atoms with Crippen molar-refractivity contribution in [3.8, 4) is 0 Å². The van der Waals surface area contributed by atoms with Crippen molar-refractivity contribution in [3.05, 3.63) is 35.4 Å². The minimum absolute atomic E-state index is 0.180. The number of rotatable bonds is 5. The van der Waals surface area contributed by atoms with Crippen LogP contribution in [-0.4, -0.2) is 53.1 Å². The fraction of sp³-hybridized carbons (Fsp3) is 0.600. The van der Waals surface area contributed by atoms with E-state index in [2.05, 4.69) is 41.4 Å². The number of carboxylic acid groups (broad SMARTS) is 1. The Hall–Kier alpha value is -2.08. The Morgan fingerprint density at radius 3 is 2.50 bits per heavy atom. The van der Waals surface area contributed by atoms with E-state index in [4.69, 9.17) is 5.11 Å². The first kappa shape index (κ1) is 18.7. The predicted octanol–water partition coefficient (Wildman–Crippen LogP) is 2.53. The van der Waals surface area contributed by atoms with Crippen LogP contribution in [0.25, 0.3) is 0 Å². The Bertz CT molecular complexity index is 632. The van der Waals surface area contributed by atoms with Crippen molar-refractivity contribution in [2.75, 3.05) is 26.2 Å². The van der Waals surface area contributed by atoms with E-state index in [0.29, 0.717) is 26.1 Å². The third-order valence-corrected chi connectivity index (χ3v) is 5.44. The van der Waals surface area contributed by atoms with Crippen LogP contribution in [0, 0.1) is 11.8 Å². The number of carboxylic acids is 1. The maximum Gasteiger partial charge on any atom is 0.317 e. The number of urea groups is 1. The van der Waals surface area contributed by atoms with Gasteiger partial charge in [-0.25, -0.2) is 4.79 Å². The van der Waals surface area contributed by atoms with E-state index in [9.17, 15) is 9.59 Å². The number of nitrogens with one attached hydrogen (secondary N) is 1. The molecular weight excluding hydrogens is 330 g/mol. The molecule has 2 amide bonds. The Kier molecular flexibility index (Phi) is 6.14. The lowest BCUT2D eigenvalue weighted by Crippen LogP contribution is -2.38. The number of carbonyl (C=O) groups is 2. The Labute approximate surface area is 155 Å². The Balaban J connectivity index is 1.44. The molecule has 142 valence electrons. The van der Waals surface area contributed by atoms with Crippen molar-refractivity contribution >= 4 is 12.0 Å². The second-order valence-electron chi connectivity index (χ2n) is 7.73. The average Bonchev–Trinajstić information content (AvgIpc) is 3.11. The van der Waals surface area contributed by atoms with Gasteiger partial charge in [-0.2, -0.15) is 0 Å². The molecule has 0 aliphatic carbocycles. The molecule has 2 heterocycles. The first-order chi connectivity index (χ1) is 12.5. The predicted molar refractivity (Wildman–Crippen MR) is 99.7 cm³/mol. The molecule has 2 atom stereocenters. The fourth-order valence-electron chi connectivity index (χ4n) is 3.89. The first-order valence-electron chi connectivity index (χ1n) is 9.57. The summed E-state index contributed by atoms with van der Waals surface area (Å²) < 4.78 is 0. The monoisotopic (exact) mass is 359 g/mol. The molecule has 0 spiro atoms. The number of hydrogen-bond acceptors (Lipinski definition) is 3.